The van der Waals surface area contributed by atoms with Gasteiger partial charge in [-0.05, 0) is 31.2 Å². The fourth-order valence-corrected chi connectivity index (χ4v) is 2.07. The second-order valence-electron chi connectivity index (χ2n) is 4.51. The van der Waals surface area contributed by atoms with E-state index in [0.29, 0.717) is 5.69 Å². The lowest BCUT2D eigenvalue weighted by Crippen LogP contribution is -2.37. The van der Waals surface area contributed by atoms with Crippen molar-refractivity contribution in [3.63, 3.8) is 0 Å². The first kappa shape index (κ1) is 13.1. The number of hydrogen-bond acceptors (Lipinski definition) is 4. The van der Waals surface area contributed by atoms with Crippen molar-refractivity contribution >= 4 is 11.4 Å². The highest BCUT2D eigenvalue weighted by Gasteiger charge is 2.08. The lowest BCUT2D eigenvalue weighted by atomic mass is 10.2. The van der Waals surface area contributed by atoms with Gasteiger partial charge in [-0.3, -0.25) is 4.90 Å². The van der Waals surface area contributed by atoms with Crippen molar-refractivity contribution in [2.24, 2.45) is 0 Å². The monoisotopic (exact) mass is 253 g/mol. The first-order valence-electron chi connectivity index (χ1n) is 6.34. The predicted molar refractivity (Wildman–Crippen MR) is 71.2 cm³/mol. The van der Waals surface area contributed by atoms with Gasteiger partial charge in [-0.15, -0.1) is 0 Å². The highest BCUT2D eigenvalue weighted by Crippen LogP contribution is 2.15. The SMILES string of the molecule is Nc1cc(F)cc(NCCCN2CCOCC2)c1. The minimum atomic E-state index is -0.300. The van der Waals surface area contributed by atoms with Crippen LogP contribution in [-0.4, -0.2) is 44.3 Å². The van der Waals surface area contributed by atoms with E-state index >= 15 is 0 Å². The van der Waals surface area contributed by atoms with Crippen LogP contribution in [0.2, 0.25) is 0 Å². The van der Waals surface area contributed by atoms with Crippen molar-refractivity contribution in [3.8, 4) is 0 Å². The molecule has 0 saturated carbocycles. The Kier molecular flexibility index (Phi) is 4.78. The van der Waals surface area contributed by atoms with E-state index in [-0.39, 0.29) is 5.82 Å². The number of rotatable bonds is 5. The number of hydrogen-bond donors (Lipinski definition) is 2. The number of nitrogens with one attached hydrogen (secondary N) is 1. The molecule has 0 spiro atoms. The largest absolute Gasteiger partial charge is 0.399 e. The topological polar surface area (TPSA) is 50.5 Å². The summed E-state index contributed by atoms with van der Waals surface area (Å²) >= 11 is 0. The Bertz CT molecular complexity index is 360. The average molecular weight is 253 g/mol. The van der Waals surface area contributed by atoms with Crippen molar-refractivity contribution < 1.29 is 9.13 Å². The molecule has 0 amide bonds. The van der Waals surface area contributed by atoms with Gasteiger partial charge in [-0.2, -0.15) is 0 Å². The quantitative estimate of drug-likeness (QED) is 0.617. The van der Waals surface area contributed by atoms with E-state index in [2.05, 4.69) is 10.2 Å². The van der Waals surface area contributed by atoms with Gasteiger partial charge in [0.15, 0.2) is 0 Å². The molecule has 0 atom stereocenters. The van der Waals surface area contributed by atoms with E-state index in [1.165, 1.54) is 12.1 Å². The van der Waals surface area contributed by atoms with Gasteiger partial charge in [-0.1, -0.05) is 0 Å². The van der Waals surface area contributed by atoms with E-state index in [4.69, 9.17) is 10.5 Å². The van der Waals surface area contributed by atoms with Crippen LogP contribution >= 0.6 is 0 Å². The molecule has 100 valence electrons. The summed E-state index contributed by atoms with van der Waals surface area (Å²) in [5, 5.41) is 3.19. The molecular weight excluding hydrogens is 233 g/mol. The lowest BCUT2D eigenvalue weighted by Gasteiger charge is -2.26. The van der Waals surface area contributed by atoms with Crippen LogP contribution in [-0.2, 0) is 4.74 Å². The molecule has 1 aliphatic heterocycles. The first-order valence-corrected chi connectivity index (χ1v) is 6.34. The number of halogens is 1. The summed E-state index contributed by atoms with van der Waals surface area (Å²) in [6.45, 7) is 5.53. The van der Waals surface area contributed by atoms with Gasteiger partial charge in [0.25, 0.3) is 0 Å². The number of nitrogens with two attached hydrogens (primary N) is 1. The normalized spacial score (nSPS) is 16.7. The second kappa shape index (κ2) is 6.56. The predicted octanol–water partition coefficient (Wildman–Crippen LogP) is 1.54. The van der Waals surface area contributed by atoms with Crippen molar-refractivity contribution in [2.45, 2.75) is 6.42 Å². The van der Waals surface area contributed by atoms with E-state index in [9.17, 15) is 4.39 Å². The van der Waals surface area contributed by atoms with Gasteiger partial charge >= 0.3 is 0 Å². The van der Waals surface area contributed by atoms with E-state index in [1.807, 2.05) is 0 Å². The number of nitrogen functional groups attached to an aromatic ring is 1. The molecule has 1 heterocycles. The van der Waals surface area contributed by atoms with Crippen LogP contribution in [0, 0.1) is 5.82 Å². The molecule has 4 nitrogen and oxygen atoms in total. The zero-order chi connectivity index (χ0) is 12.8. The molecule has 0 aliphatic carbocycles. The maximum Gasteiger partial charge on any atom is 0.127 e. The second-order valence-corrected chi connectivity index (χ2v) is 4.51. The molecule has 1 saturated heterocycles. The Morgan fingerprint density at radius 1 is 1.28 bits per heavy atom. The Morgan fingerprint density at radius 2 is 2.06 bits per heavy atom. The Hall–Kier alpha value is -1.33. The summed E-state index contributed by atoms with van der Waals surface area (Å²) in [6.07, 6.45) is 1.02. The standard InChI is InChI=1S/C13H20FN3O/c14-11-8-12(15)10-13(9-11)16-2-1-3-17-4-6-18-7-5-17/h8-10,16H,1-7,15H2. The zero-order valence-electron chi connectivity index (χ0n) is 10.5. The fourth-order valence-electron chi connectivity index (χ4n) is 2.07. The summed E-state index contributed by atoms with van der Waals surface area (Å²) in [6, 6.07) is 4.53. The highest BCUT2D eigenvalue weighted by molar-refractivity contribution is 5.54. The molecule has 1 aromatic carbocycles. The number of anilines is 2. The van der Waals surface area contributed by atoms with Gasteiger partial charge in [0.05, 0.1) is 13.2 Å². The highest BCUT2D eigenvalue weighted by atomic mass is 19.1. The van der Waals surface area contributed by atoms with Crippen molar-refractivity contribution in [2.75, 3.05) is 50.4 Å². The van der Waals surface area contributed by atoms with Crippen molar-refractivity contribution in [1.82, 2.24) is 4.90 Å². The Labute approximate surface area is 107 Å². The van der Waals surface area contributed by atoms with E-state index < -0.39 is 0 Å². The molecule has 1 fully saturated rings. The van der Waals surface area contributed by atoms with E-state index in [1.54, 1.807) is 6.07 Å². The number of nitrogens with zero attached hydrogens (tertiary/aromatic N) is 1. The maximum absolute atomic E-state index is 13.1. The molecule has 3 N–H and O–H groups in total. The third kappa shape index (κ3) is 4.16. The molecule has 0 aromatic heterocycles. The molecular formula is C13H20FN3O. The van der Waals surface area contributed by atoms with Crippen LogP contribution in [0.3, 0.4) is 0 Å². The molecule has 0 bridgehead atoms. The minimum Gasteiger partial charge on any atom is -0.399 e. The van der Waals surface area contributed by atoms with Crippen molar-refractivity contribution in [1.29, 1.82) is 0 Å². The van der Waals surface area contributed by atoms with Crippen LogP contribution in [0.15, 0.2) is 18.2 Å². The number of ether oxygens (including phenoxy) is 1. The summed E-state index contributed by atoms with van der Waals surface area (Å²) in [4.78, 5) is 2.38. The average Bonchev–Trinajstić information content (AvgIpc) is 2.35. The van der Waals surface area contributed by atoms with Crippen molar-refractivity contribution in [3.05, 3.63) is 24.0 Å². The molecule has 0 radical (unpaired) electrons. The van der Waals surface area contributed by atoms with Gasteiger partial charge in [-0.25, -0.2) is 4.39 Å². The molecule has 0 unspecified atom stereocenters. The summed E-state index contributed by atoms with van der Waals surface area (Å²) in [7, 11) is 0. The van der Waals surface area contributed by atoms with E-state index in [0.717, 1.165) is 51.5 Å². The van der Waals surface area contributed by atoms with Gasteiger partial charge < -0.3 is 15.8 Å². The van der Waals surface area contributed by atoms with Gasteiger partial charge in [0, 0.05) is 31.0 Å². The Morgan fingerprint density at radius 3 is 2.78 bits per heavy atom. The minimum absolute atomic E-state index is 0.300. The van der Waals surface area contributed by atoms with Crippen LogP contribution in [0.25, 0.3) is 0 Å². The third-order valence-electron chi connectivity index (χ3n) is 3.00. The lowest BCUT2D eigenvalue weighted by molar-refractivity contribution is 0.0378. The smallest absolute Gasteiger partial charge is 0.127 e. The molecule has 5 heteroatoms. The molecule has 18 heavy (non-hydrogen) atoms. The Balaban J connectivity index is 1.68. The summed E-state index contributed by atoms with van der Waals surface area (Å²) in [5.41, 5.74) is 6.77. The van der Waals surface area contributed by atoms with Gasteiger partial charge in [0.2, 0.25) is 0 Å². The maximum atomic E-state index is 13.1. The summed E-state index contributed by atoms with van der Waals surface area (Å²) < 4.78 is 18.4. The number of morpholine rings is 1. The first-order chi connectivity index (χ1) is 8.74. The van der Waals surface area contributed by atoms with Crippen LogP contribution in [0.4, 0.5) is 15.8 Å². The van der Waals surface area contributed by atoms with Crippen LogP contribution < -0.4 is 11.1 Å². The summed E-state index contributed by atoms with van der Waals surface area (Å²) in [5.74, 6) is -0.300. The molecule has 2 rings (SSSR count). The molecule has 1 aromatic rings. The number of benzene rings is 1. The van der Waals surface area contributed by atoms with Crippen LogP contribution in [0.1, 0.15) is 6.42 Å². The fraction of sp³-hybridized carbons (Fsp3) is 0.538. The van der Waals surface area contributed by atoms with Crippen LogP contribution in [0.5, 0.6) is 0 Å². The third-order valence-corrected chi connectivity index (χ3v) is 3.00. The van der Waals surface area contributed by atoms with Gasteiger partial charge in [0.1, 0.15) is 5.82 Å². The molecule has 1 aliphatic rings. The zero-order valence-corrected chi connectivity index (χ0v) is 10.5.